The minimum atomic E-state index is -1.85. The Morgan fingerprint density at radius 3 is 1.90 bits per heavy atom. The van der Waals surface area contributed by atoms with Gasteiger partial charge in [-0.1, -0.05) is 55.7 Å². The van der Waals surface area contributed by atoms with Gasteiger partial charge >= 0.3 is 0 Å². The van der Waals surface area contributed by atoms with E-state index >= 15 is 0 Å². The quantitative estimate of drug-likeness (QED) is 0.0585. The van der Waals surface area contributed by atoms with Crippen molar-refractivity contribution in [2.24, 2.45) is 0 Å². The molecule has 2 aliphatic heterocycles. The lowest BCUT2D eigenvalue weighted by molar-refractivity contribution is 0.274. The van der Waals surface area contributed by atoms with Gasteiger partial charge in [-0.2, -0.15) is 0 Å². The third-order valence-electron chi connectivity index (χ3n) is 9.10. The summed E-state index contributed by atoms with van der Waals surface area (Å²) >= 11 is 0. The minimum Gasteiger partial charge on any atom is -0.547 e. The average Bonchev–Trinajstić information content (AvgIpc) is 3.65. The Hall–Kier alpha value is -1.10. The van der Waals surface area contributed by atoms with Gasteiger partial charge in [0.1, 0.15) is 0 Å². The van der Waals surface area contributed by atoms with Crippen molar-refractivity contribution in [1.82, 2.24) is 0 Å². The molecule has 2 heterocycles. The molecule has 0 bridgehead atoms. The highest BCUT2D eigenvalue weighted by Gasteiger charge is 2.54. The highest BCUT2D eigenvalue weighted by atomic mass is 28.4. The Morgan fingerprint density at radius 2 is 1.31 bits per heavy atom. The second-order valence-electron chi connectivity index (χ2n) is 14.8. The molecule has 39 heavy (non-hydrogen) atoms. The second-order valence-corrected chi connectivity index (χ2v) is 19.5. The molecule has 224 valence electrons. The Morgan fingerprint density at radius 1 is 0.744 bits per heavy atom. The van der Waals surface area contributed by atoms with Crippen LogP contribution in [0.2, 0.25) is 18.1 Å². The first-order valence-electron chi connectivity index (χ1n) is 15.6. The Labute approximate surface area is 243 Å². The maximum Gasteiger partial charge on any atom is 0.250 e. The van der Waals surface area contributed by atoms with Crippen LogP contribution in [0.25, 0.3) is 0 Å². The van der Waals surface area contributed by atoms with E-state index in [1.165, 1.54) is 22.5 Å². The number of epoxide rings is 2. The summed E-state index contributed by atoms with van der Waals surface area (Å²) in [6.07, 6.45) is 21.3. The van der Waals surface area contributed by atoms with E-state index in [1.54, 1.807) is 0 Å². The number of allylic oxidation sites excluding steroid dienone is 8. The molecule has 0 unspecified atom stereocenters. The fraction of sp³-hybridized carbons (Fsp3) is 0.771. The lowest BCUT2D eigenvalue weighted by Crippen LogP contribution is -2.40. The first-order valence-corrected chi connectivity index (χ1v) is 18.5. The van der Waals surface area contributed by atoms with Gasteiger partial charge in [-0.05, 0) is 130 Å². The summed E-state index contributed by atoms with van der Waals surface area (Å²) < 4.78 is 18.6. The van der Waals surface area contributed by atoms with Gasteiger partial charge in [0.05, 0.1) is 29.2 Å². The van der Waals surface area contributed by atoms with Crippen LogP contribution in [-0.4, -0.2) is 31.7 Å². The standard InChI is InChI=1S/C35H62O3Si/c1-27(2)17-15-19-28(3)20-16-22-30(38-39(11,12)33(5,6)7)21-14-13-18-29(4)23-24-32-35(10,37-32)26-25-31-34(8,9)36-31/h17-18,20-21,31-32H,13-16,19,22-26H2,1-12H3/b28-20+,29-18+,30-21-/t31-,32-,35-/m1/s1. The number of hydrogen-bond acceptors (Lipinski definition) is 3. The van der Waals surface area contributed by atoms with Crippen LogP contribution < -0.4 is 0 Å². The van der Waals surface area contributed by atoms with E-state index in [2.05, 4.69) is 107 Å². The Bertz CT molecular complexity index is 911. The first-order chi connectivity index (χ1) is 17.9. The lowest BCUT2D eigenvalue weighted by atomic mass is 9.94. The van der Waals surface area contributed by atoms with Crippen molar-refractivity contribution in [2.75, 3.05) is 0 Å². The molecule has 2 rings (SSSR count). The highest BCUT2D eigenvalue weighted by Crippen LogP contribution is 2.47. The number of unbranched alkanes of at least 4 members (excludes halogenated alkanes) is 1. The van der Waals surface area contributed by atoms with Crippen LogP contribution in [0.5, 0.6) is 0 Å². The van der Waals surface area contributed by atoms with Gasteiger partial charge < -0.3 is 13.9 Å². The summed E-state index contributed by atoms with van der Waals surface area (Å²) in [5.41, 5.74) is 4.53. The summed E-state index contributed by atoms with van der Waals surface area (Å²) in [6, 6.07) is 0. The van der Waals surface area contributed by atoms with Crippen LogP contribution in [0.15, 0.2) is 46.8 Å². The van der Waals surface area contributed by atoms with Crippen LogP contribution in [0, 0.1) is 0 Å². The van der Waals surface area contributed by atoms with Gasteiger partial charge in [-0.25, -0.2) is 0 Å². The predicted molar refractivity (Wildman–Crippen MR) is 172 cm³/mol. The number of ether oxygens (including phenoxy) is 2. The van der Waals surface area contributed by atoms with E-state index in [0.717, 1.165) is 64.2 Å². The summed E-state index contributed by atoms with van der Waals surface area (Å²) in [4.78, 5) is 0. The third-order valence-corrected chi connectivity index (χ3v) is 13.5. The van der Waals surface area contributed by atoms with Crippen molar-refractivity contribution in [3.63, 3.8) is 0 Å². The van der Waals surface area contributed by atoms with Crippen molar-refractivity contribution in [3.05, 3.63) is 46.8 Å². The molecule has 2 aliphatic rings. The molecule has 0 spiro atoms. The first kappa shape index (κ1) is 34.1. The summed E-state index contributed by atoms with van der Waals surface area (Å²) in [5, 5.41) is 0.208. The zero-order valence-corrected chi connectivity index (χ0v) is 28.8. The molecular formula is C35H62O3Si. The molecule has 0 saturated carbocycles. The second kappa shape index (κ2) is 14.2. The maximum absolute atomic E-state index is 6.79. The van der Waals surface area contributed by atoms with Crippen LogP contribution in [0.1, 0.15) is 133 Å². The molecular weight excluding hydrogens is 496 g/mol. The SMILES string of the molecule is CC(C)=CCC/C(C)=C/CC/C(=C/CC/C=C(\C)CC[C@H]1O[C@]1(C)CC[C@H]1OC1(C)C)O[Si](C)(C)C(C)(C)C. The van der Waals surface area contributed by atoms with E-state index in [-0.39, 0.29) is 16.2 Å². The van der Waals surface area contributed by atoms with Crippen LogP contribution >= 0.6 is 0 Å². The highest BCUT2D eigenvalue weighted by molar-refractivity contribution is 6.74. The van der Waals surface area contributed by atoms with E-state index in [9.17, 15) is 0 Å². The van der Waals surface area contributed by atoms with Gasteiger partial charge in [0, 0.05) is 6.42 Å². The van der Waals surface area contributed by atoms with Crippen molar-refractivity contribution in [2.45, 2.75) is 175 Å². The fourth-order valence-corrected chi connectivity index (χ4v) is 6.04. The normalized spacial score (nSPS) is 25.5. The van der Waals surface area contributed by atoms with Crippen molar-refractivity contribution in [1.29, 1.82) is 0 Å². The summed E-state index contributed by atoms with van der Waals surface area (Å²) in [6.45, 7) is 27.2. The van der Waals surface area contributed by atoms with Crippen LogP contribution in [-0.2, 0) is 13.9 Å². The van der Waals surface area contributed by atoms with Gasteiger partial charge in [0.2, 0.25) is 8.32 Å². The molecule has 0 aromatic carbocycles. The number of rotatable bonds is 17. The molecule has 0 aromatic rings. The van der Waals surface area contributed by atoms with E-state index in [4.69, 9.17) is 13.9 Å². The van der Waals surface area contributed by atoms with E-state index in [1.807, 2.05) is 0 Å². The van der Waals surface area contributed by atoms with Crippen molar-refractivity contribution >= 4 is 8.32 Å². The zero-order valence-electron chi connectivity index (χ0n) is 27.8. The van der Waals surface area contributed by atoms with E-state index in [0.29, 0.717) is 12.2 Å². The van der Waals surface area contributed by atoms with Gasteiger partial charge in [0.25, 0.3) is 0 Å². The molecule has 0 N–H and O–H groups in total. The molecule has 2 saturated heterocycles. The van der Waals surface area contributed by atoms with Crippen LogP contribution in [0.4, 0.5) is 0 Å². The Kier molecular flexibility index (Phi) is 12.4. The fourth-order valence-electron chi connectivity index (χ4n) is 4.89. The van der Waals surface area contributed by atoms with Crippen LogP contribution in [0.3, 0.4) is 0 Å². The predicted octanol–water partition coefficient (Wildman–Crippen LogP) is 11.0. The topological polar surface area (TPSA) is 34.3 Å². The zero-order chi connectivity index (χ0) is 29.5. The van der Waals surface area contributed by atoms with E-state index < -0.39 is 8.32 Å². The lowest BCUT2D eigenvalue weighted by Gasteiger charge is -2.37. The molecule has 4 heteroatoms. The average molecular weight is 559 g/mol. The largest absolute Gasteiger partial charge is 0.547 e. The minimum absolute atomic E-state index is 0.0689. The van der Waals surface area contributed by atoms with Gasteiger partial charge in [0.15, 0.2) is 0 Å². The molecule has 3 nitrogen and oxygen atoms in total. The Balaban J connectivity index is 1.82. The molecule has 2 fully saturated rings. The van der Waals surface area contributed by atoms with Crippen molar-refractivity contribution < 1.29 is 13.9 Å². The molecule has 0 amide bonds. The summed E-state index contributed by atoms with van der Waals surface area (Å²) in [7, 11) is -1.85. The monoisotopic (exact) mass is 558 g/mol. The molecule has 3 atom stereocenters. The third kappa shape index (κ3) is 12.1. The maximum atomic E-state index is 6.79. The summed E-state index contributed by atoms with van der Waals surface area (Å²) in [5.74, 6) is 1.20. The van der Waals surface area contributed by atoms with Gasteiger partial charge in [-0.3, -0.25) is 0 Å². The smallest absolute Gasteiger partial charge is 0.250 e. The number of hydrogen-bond donors (Lipinski definition) is 0. The molecule has 0 aromatic heterocycles. The molecule has 0 aliphatic carbocycles. The van der Waals surface area contributed by atoms with Gasteiger partial charge in [-0.15, -0.1) is 0 Å². The van der Waals surface area contributed by atoms with Crippen molar-refractivity contribution in [3.8, 4) is 0 Å². The molecule has 0 radical (unpaired) electrons.